The van der Waals surface area contributed by atoms with Crippen molar-refractivity contribution in [3.05, 3.63) is 58.2 Å². The Morgan fingerprint density at radius 3 is 2.63 bits per heavy atom. The molecule has 98 valence electrons. The zero-order valence-electron chi connectivity index (χ0n) is 10.3. The number of hydrogen-bond donors (Lipinski definition) is 2. The lowest BCUT2D eigenvalue weighted by Gasteiger charge is -2.08. The minimum absolute atomic E-state index is 0.111. The maximum atomic E-state index is 12.0. The number of halogens is 1. The van der Waals surface area contributed by atoms with Gasteiger partial charge in [-0.25, -0.2) is 4.98 Å². The van der Waals surface area contributed by atoms with E-state index in [1.54, 1.807) is 12.3 Å². The third-order valence-corrected chi connectivity index (χ3v) is 3.35. The van der Waals surface area contributed by atoms with E-state index in [0.717, 1.165) is 15.6 Å². The van der Waals surface area contributed by atoms with E-state index in [4.69, 9.17) is 5.73 Å². The molecule has 0 saturated heterocycles. The molecule has 2 rings (SSSR count). The number of hydrogen-bond acceptors (Lipinski definition) is 3. The van der Waals surface area contributed by atoms with Gasteiger partial charge in [0, 0.05) is 12.7 Å². The Labute approximate surface area is 120 Å². The summed E-state index contributed by atoms with van der Waals surface area (Å²) in [6.45, 7) is 0.427. The highest BCUT2D eigenvalue weighted by molar-refractivity contribution is 9.10. The first-order valence-corrected chi connectivity index (χ1v) is 6.67. The first-order chi connectivity index (χ1) is 9.20. The molecule has 0 aliphatic rings. The average Bonchev–Trinajstić information content (AvgIpc) is 2.42. The summed E-state index contributed by atoms with van der Waals surface area (Å²) in [4.78, 5) is 16.1. The lowest BCUT2D eigenvalue weighted by atomic mass is 10.0. The number of nitrogens with two attached hydrogens (primary N) is 1. The maximum absolute atomic E-state index is 12.0. The lowest BCUT2D eigenvalue weighted by Crippen LogP contribution is -2.17. The van der Waals surface area contributed by atoms with Crippen molar-refractivity contribution in [2.75, 3.05) is 5.32 Å². The summed E-state index contributed by atoms with van der Waals surface area (Å²) in [7, 11) is 0. The first kappa shape index (κ1) is 13.7. The Morgan fingerprint density at radius 2 is 1.95 bits per heavy atom. The highest BCUT2D eigenvalue weighted by atomic mass is 79.9. The predicted octanol–water partition coefficient (Wildman–Crippen LogP) is 2.48. The molecular formula is C14H14BrN3O. The van der Waals surface area contributed by atoms with E-state index in [0.29, 0.717) is 12.4 Å². The van der Waals surface area contributed by atoms with E-state index in [-0.39, 0.29) is 12.3 Å². The number of carbonyl (C=O) groups excluding carboxylic acids is 1. The first-order valence-electron chi connectivity index (χ1n) is 5.88. The number of aromatic nitrogens is 1. The van der Waals surface area contributed by atoms with Crippen LogP contribution in [-0.4, -0.2) is 10.9 Å². The minimum atomic E-state index is -0.111. The molecule has 0 saturated carbocycles. The molecule has 0 atom stereocenters. The molecule has 2 aromatic rings. The van der Waals surface area contributed by atoms with Crippen LogP contribution < -0.4 is 11.1 Å². The van der Waals surface area contributed by atoms with Crippen LogP contribution in [-0.2, 0) is 17.8 Å². The third-order valence-electron chi connectivity index (χ3n) is 2.71. The van der Waals surface area contributed by atoms with E-state index in [9.17, 15) is 4.79 Å². The monoisotopic (exact) mass is 319 g/mol. The SMILES string of the molecule is NCc1ccccc1CC(=O)Nc1ncccc1Br. The fourth-order valence-corrected chi connectivity index (χ4v) is 2.11. The minimum Gasteiger partial charge on any atom is -0.326 e. The molecule has 0 spiro atoms. The van der Waals surface area contributed by atoms with Crippen molar-refractivity contribution in [3.8, 4) is 0 Å². The zero-order chi connectivity index (χ0) is 13.7. The summed E-state index contributed by atoms with van der Waals surface area (Å²) in [5, 5.41) is 2.77. The topological polar surface area (TPSA) is 68.0 Å². The standard InChI is InChI=1S/C14H14BrN3O/c15-12-6-3-7-17-14(12)18-13(19)8-10-4-1-2-5-11(10)9-16/h1-7H,8-9,16H2,(H,17,18,19). The average molecular weight is 320 g/mol. The fraction of sp³-hybridized carbons (Fsp3) is 0.143. The molecule has 5 heteroatoms. The number of nitrogens with one attached hydrogen (secondary N) is 1. The summed E-state index contributed by atoms with van der Waals surface area (Å²) >= 11 is 3.34. The second-order valence-electron chi connectivity index (χ2n) is 4.03. The summed E-state index contributed by atoms with van der Waals surface area (Å²) in [5.41, 5.74) is 7.57. The van der Waals surface area contributed by atoms with Gasteiger partial charge in [0.2, 0.25) is 5.91 Å². The lowest BCUT2D eigenvalue weighted by molar-refractivity contribution is -0.115. The van der Waals surface area contributed by atoms with Crippen LogP contribution in [0.25, 0.3) is 0 Å². The quantitative estimate of drug-likeness (QED) is 0.909. The molecule has 1 aromatic carbocycles. The summed E-state index contributed by atoms with van der Waals surface area (Å²) in [6, 6.07) is 11.3. The summed E-state index contributed by atoms with van der Waals surface area (Å²) in [5.74, 6) is 0.415. The van der Waals surface area contributed by atoms with E-state index >= 15 is 0 Å². The van der Waals surface area contributed by atoms with Crippen LogP contribution in [0.2, 0.25) is 0 Å². The van der Waals surface area contributed by atoms with Gasteiger partial charge >= 0.3 is 0 Å². The number of amides is 1. The predicted molar refractivity (Wildman–Crippen MR) is 78.6 cm³/mol. The molecule has 0 unspecified atom stereocenters. The normalized spacial score (nSPS) is 10.2. The van der Waals surface area contributed by atoms with Crippen molar-refractivity contribution in [2.45, 2.75) is 13.0 Å². The molecule has 0 radical (unpaired) electrons. The summed E-state index contributed by atoms with van der Waals surface area (Å²) < 4.78 is 0.760. The Hall–Kier alpha value is -1.72. The van der Waals surface area contributed by atoms with Gasteiger partial charge in [0.05, 0.1) is 10.9 Å². The molecular weight excluding hydrogens is 306 g/mol. The molecule has 1 amide bonds. The van der Waals surface area contributed by atoms with E-state index in [1.807, 2.05) is 30.3 Å². The Kier molecular flexibility index (Phi) is 4.65. The van der Waals surface area contributed by atoms with E-state index in [1.165, 1.54) is 0 Å². The molecule has 1 heterocycles. The van der Waals surface area contributed by atoms with Crippen LogP contribution >= 0.6 is 15.9 Å². The maximum Gasteiger partial charge on any atom is 0.229 e. The van der Waals surface area contributed by atoms with E-state index in [2.05, 4.69) is 26.2 Å². The molecule has 3 N–H and O–H groups in total. The van der Waals surface area contributed by atoms with Crippen molar-refractivity contribution in [1.29, 1.82) is 0 Å². The summed E-state index contributed by atoms with van der Waals surface area (Å²) in [6.07, 6.45) is 1.92. The fourth-order valence-electron chi connectivity index (χ4n) is 1.76. The largest absolute Gasteiger partial charge is 0.326 e. The van der Waals surface area contributed by atoms with Gasteiger partial charge in [0.1, 0.15) is 5.82 Å². The van der Waals surface area contributed by atoms with Crippen LogP contribution in [0, 0.1) is 0 Å². The van der Waals surface area contributed by atoms with Gasteiger partial charge in [-0.3, -0.25) is 4.79 Å². The number of rotatable bonds is 4. The molecule has 19 heavy (non-hydrogen) atoms. The van der Waals surface area contributed by atoms with Gasteiger partial charge in [0.25, 0.3) is 0 Å². The van der Waals surface area contributed by atoms with Crippen molar-refractivity contribution in [3.63, 3.8) is 0 Å². The van der Waals surface area contributed by atoms with Gasteiger partial charge in [-0.2, -0.15) is 0 Å². The number of nitrogens with zero attached hydrogens (tertiary/aromatic N) is 1. The van der Waals surface area contributed by atoms with Crippen molar-refractivity contribution in [1.82, 2.24) is 4.98 Å². The van der Waals surface area contributed by atoms with Crippen LogP contribution in [0.15, 0.2) is 47.1 Å². The van der Waals surface area contributed by atoms with Crippen LogP contribution in [0.1, 0.15) is 11.1 Å². The number of benzene rings is 1. The van der Waals surface area contributed by atoms with Gasteiger partial charge in [-0.15, -0.1) is 0 Å². The second kappa shape index (κ2) is 6.45. The highest BCUT2D eigenvalue weighted by Gasteiger charge is 2.09. The highest BCUT2D eigenvalue weighted by Crippen LogP contribution is 2.18. The Bertz CT molecular complexity index is 586. The molecule has 0 aliphatic heterocycles. The second-order valence-corrected chi connectivity index (χ2v) is 4.89. The number of carbonyl (C=O) groups is 1. The van der Waals surface area contributed by atoms with Gasteiger partial charge in [-0.1, -0.05) is 24.3 Å². The van der Waals surface area contributed by atoms with Crippen LogP contribution in [0.5, 0.6) is 0 Å². The van der Waals surface area contributed by atoms with Crippen molar-refractivity contribution < 1.29 is 4.79 Å². The molecule has 0 bridgehead atoms. The molecule has 0 aliphatic carbocycles. The van der Waals surface area contributed by atoms with Crippen molar-refractivity contribution in [2.24, 2.45) is 5.73 Å². The van der Waals surface area contributed by atoms with Gasteiger partial charge in [0.15, 0.2) is 0 Å². The Morgan fingerprint density at radius 1 is 1.21 bits per heavy atom. The van der Waals surface area contributed by atoms with Crippen LogP contribution in [0.4, 0.5) is 5.82 Å². The number of anilines is 1. The van der Waals surface area contributed by atoms with Crippen LogP contribution in [0.3, 0.4) is 0 Å². The molecule has 1 aromatic heterocycles. The molecule has 0 fully saturated rings. The van der Waals surface area contributed by atoms with Gasteiger partial charge in [-0.05, 0) is 39.2 Å². The molecule has 4 nitrogen and oxygen atoms in total. The third kappa shape index (κ3) is 3.62. The van der Waals surface area contributed by atoms with Crippen molar-refractivity contribution >= 4 is 27.7 Å². The van der Waals surface area contributed by atoms with Gasteiger partial charge < -0.3 is 11.1 Å². The Balaban J connectivity index is 2.08. The smallest absolute Gasteiger partial charge is 0.229 e. The zero-order valence-corrected chi connectivity index (χ0v) is 11.9. The van der Waals surface area contributed by atoms with E-state index < -0.39 is 0 Å². The number of pyridine rings is 1.